The Morgan fingerprint density at radius 1 is 0.885 bits per heavy atom. The van der Waals surface area contributed by atoms with E-state index in [1.54, 1.807) is 36.4 Å². The largest absolute Gasteiger partial charge is 0.493 e. The zero-order chi connectivity index (χ0) is 21.2. The van der Waals surface area contributed by atoms with E-state index in [0.717, 1.165) is 0 Å². The summed E-state index contributed by atoms with van der Waals surface area (Å²) in [5.41, 5.74) is 0.942. The average Bonchev–Trinajstić information content (AvgIpc) is 2.70. The molecule has 0 bridgehead atoms. The van der Waals surface area contributed by atoms with Crippen molar-refractivity contribution in [3.8, 4) is 23.0 Å². The van der Waals surface area contributed by atoms with E-state index in [1.807, 2.05) is 0 Å². The highest BCUT2D eigenvalue weighted by atomic mass is 16.5. The molecule has 0 aliphatic rings. The molecule has 26 heavy (non-hydrogen) atoms. The molecule has 6 nitrogen and oxygen atoms in total. The number of pyridine rings is 1. The molecule has 1 heterocycles. The average molecular weight is 358 g/mol. The highest BCUT2D eigenvalue weighted by molar-refractivity contribution is 5.88. The Labute approximate surface area is 156 Å². The van der Waals surface area contributed by atoms with E-state index in [-0.39, 0.29) is 11.5 Å². The Bertz CT molecular complexity index is 1020. The molecule has 1 N–H and O–H groups in total. The van der Waals surface area contributed by atoms with Crippen molar-refractivity contribution in [2.75, 3.05) is 28.4 Å². The maximum Gasteiger partial charge on any atom is 0.161 e. The van der Waals surface area contributed by atoms with Gasteiger partial charge < -0.3 is 24.1 Å². The number of fused-ring (bicyclic) bond motifs is 1. The third-order valence-corrected chi connectivity index (χ3v) is 4.17. The minimum absolute atomic E-state index is 0.0813. The lowest BCUT2D eigenvalue weighted by Gasteiger charge is -2.16. The lowest BCUT2D eigenvalue weighted by molar-refractivity contribution is 0.216. The van der Waals surface area contributed by atoms with Crippen LogP contribution in [0.15, 0.2) is 42.6 Å². The smallest absolute Gasteiger partial charge is 0.161 e. The zero-order valence-electron chi connectivity index (χ0n) is 17.6. The number of rotatable bonds is 6. The van der Waals surface area contributed by atoms with E-state index >= 15 is 0 Å². The van der Waals surface area contributed by atoms with Gasteiger partial charge in [-0.1, -0.05) is 6.07 Å². The van der Waals surface area contributed by atoms with E-state index in [1.165, 1.54) is 27.5 Å². The SMILES string of the molecule is [2H]C([2H])([2H])Oc1cc2ccnc(C(O)c3ccc(OC)c(OC)c3)c2cc1OC. The van der Waals surface area contributed by atoms with Crippen molar-refractivity contribution in [3.63, 3.8) is 0 Å². The van der Waals surface area contributed by atoms with Crippen molar-refractivity contribution in [3.05, 3.63) is 53.9 Å². The van der Waals surface area contributed by atoms with Gasteiger partial charge in [0.25, 0.3) is 0 Å². The van der Waals surface area contributed by atoms with Gasteiger partial charge in [-0.15, -0.1) is 0 Å². The van der Waals surface area contributed by atoms with E-state index in [9.17, 15) is 5.11 Å². The first-order valence-corrected chi connectivity index (χ1v) is 7.83. The third kappa shape index (κ3) is 3.11. The predicted octanol–water partition coefficient (Wildman–Crippen LogP) is 3.35. The normalized spacial score (nSPS) is 14.1. The van der Waals surface area contributed by atoms with Crippen LogP contribution in [0.3, 0.4) is 0 Å². The summed E-state index contributed by atoms with van der Waals surface area (Å²) in [5.74, 6) is 1.33. The first-order valence-electron chi connectivity index (χ1n) is 9.33. The molecule has 1 aromatic heterocycles. The van der Waals surface area contributed by atoms with E-state index in [4.69, 9.17) is 23.1 Å². The lowest BCUT2D eigenvalue weighted by atomic mass is 10.00. The molecule has 136 valence electrons. The summed E-state index contributed by atoms with van der Waals surface area (Å²) in [4.78, 5) is 4.33. The number of aliphatic hydroxyl groups excluding tert-OH is 1. The van der Waals surface area contributed by atoms with E-state index < -0.39 is 13.1 Å². The summed E-state index contributed by atoms with van der Waals surface area (Å²) in [5, 5.41) is 12.2. The van der Waals surface area contributed by atoms with Gasteiger partial charge in [0, 0.05) is 11.6 Å². The molecule has 0 fully saturated rings. The molecule has 0 spiro atoms. The maximum atomic E-state index is 11.0. The number of ether oxygens (including phenoxy) is 4. The Hall–Kier alpha value is -2.99. The van der Waals surface area contributed by atoms with Crippen molar-refractivity contribution >= 4 is 10.8 Å². The number of benzene rings is 2. The van der Waals surface area contributed by atoms with Gasteiger partial charge in [-0.2, -0.15) is 0 Å². The third-order valence-electron chi connectivity index (χ3n) is 4.17. The summed E-state index contributed by atoms with van der Waals surface area (Å²) >= 11 is 0. The van der Waals surface area contributed by atoms with E-state index in [2.05, 4.69) is 4.98 Å². The Morgan fingerprint density at radius 2 is 1.58 bits per heavy atom. The minimum Gasteiger partial charge on any atom is -0.493 e. The van der Waals surface area contributed by atoms with Crippen LogP contribution in [0.2, 0.25) is 0 Å². The topological polar surface area (TPSA) is 70.0 Å². The second kappa shape index (κ2) is 7.49. The second-order valence-corrected chi connectivity index (χ2v) is 5.54. The summed E-state index contributed by atoms with van der Waals surface area (Å²) in [7, 11) is 1.84. The molecule has 0 saturated heterocycles. The fourth-order valence-corrected chi connectivity index (χ4v) is 2.84. The zero-order valence-corrected chi connectivity index (χ0v) is 14.6. The fraction of sp³-hybridized carbons (Fsp3) is 0.250. The van der Waals surface area contributed by atoms with Gasteiger partial charge >= 0.3 is 0 Å². The summed E-state index contributed by atoms with van der Waals surface area (Å²) in [6.45, 7) is 0. The molecule has 0 aliphatic carbocycles. The molecular weight excluding hydrogens is 334 g/mol. The second-order valence-electron chi connectivity index (χ2n) is 5.54. The van der Waals surface area contributed by atoms with Crippen LogP contribution in [0.1, 0.15) is 21.5 Å². The highest BCUT2D eigenvalue weighted by Crippen LogP contribution is 2.37. The number of aromatic nitrogens is 1. The van der Waals surface area contributed by atoms with Crippen LogP contribution in [-0.2, 0) is 0 Å². The van der Waals surface area contributed by atoms with Crippen LogP contribution in [0.25, 0.3) is 10.8 Å². The van der Waals surface area contributed by atoms with Crippen LogP contribution < -0.4 is 18.9 Å². The number of methoxy groups -OCH3 is 4. The molecule has 3 aromatic rings. The standard InChI is InChI=1S/C20H21NO5/c1-23-15-6-5-13(10-16(15)24-2)20(22)19-14-11-18(26-4)17(25-3)9-12(14)7-8-21-19/h5-11,20,22H,1-4H3/i3D3. The van der Waals surface area contributed by atoms with Gasteiger partial charge in [0.15, 0.2) is 23.0 Å². The van der Waals surface area contributed by atoms with Crippen molar-refractivity contribution in [1.82, 2.24) is 4.98 Å². The van der Waals surface area contributed by atoms with Crippen molar-refractivity contribution < 1.29 is 28.2 Å². The van der Waals surface area contributed by atoms with Gasteiger partial charge in [0.2, 0.25) is 0 Å². The van der Waals surface area contributed by atoms with Crippen molar-refractivity contribution in [1.29, 1.82) is 0 Å². The molecule has 0 amide bonds. The Morgan fingerprint density at radius 3 is 2.27 bits per heavy atom. The number of nitrogens with zero attached hydrogens (tertiary/aromatic N) is 1. The predicted molar refractivity (Wildman–Crippen MR) is 98.5 cm³/mol. The molecule has 1 atom stereocenters. The lowest BCUT2D eigenvalue weighted by Crippen LogP contribution is -2.04. The molecule has 0 saturated carbocycles. The quantitative estimate of drug-likeness (QED) is 0.729. The monoisotopic (exact) mass is 358 g/mol. The van der Waals surface area contributed by atoms with E-state index in [0.29, 0.717) is 33.5 Å². The van der Waals surface area contributed by atoms with Crippen LogP contribution in [0.4, 0.5) is 0 Å². The van der Waals surface area contributed by atoms with Gasteiger partial charge in [0.1, 0.15) is 6.10 Å². The molecule has 0 aliphatic heterocycles. The molecule has 1 unspecified atom stereocenters. The maximum absolute atomic E-state index is 11.0. The van der Waals surface area contributed by atoms with Crippen molar-refractivity contribution in [2.24, 2.45) is 0 Å². The van der Waals surface area contributed by atoms with Gasteiger partial charge in [-0.25, -0.2) is 0 Å². The molecule has 0 radical (unpaired) electrons. The van der Waals surface area contributed by atoms with Crippen LogP contribution in [0.5, 0.6) is 23.0 Å². The fourth-order valence-electron chi connectivity index (χ4n) is 2.84. The number of aliphatic hydroxyl groups is 1. The number of hydrogen-bond donors (Lipinski definition) is 1. The summed E-state index contributed by atoms with van der Waals surface area (Å²) in [6, 6.07) is 9.94. The Kier molecular flexibility index (Phi) is 4.09. The molecular formula is C20H21NO5. The first-order chi connectivity index (χ1) is 13.8. The van der Waals surface area contributed by atoms with Crippen LogP contribution in [-0.4, -0.2) is 38.5 Å². The van der Waals surface area contributed by atoms with Gasteiger partial charge in [-0.05, 0) is 41.3 Å². The van der Waals surface area contributed by atoms with Gasteiger partial charge in [0.05, 0.1) is 38.2 Å². The van der Waals surface area contributed by atoms with Crippen LogP contribution in [0, 0.1) is 0 Å². The molecule has 2 aromatic carbocycles. The Balaban J connectivity index is 2.10. The summed E-state index contributed by atoms with van der Waals surface area (Å²) in [6.07, 6.45) is 0.477. The summed E-state index contributed by atoms with van der Waals surface area (Å²) < 4.78 is 42.8. The minimum atomic E-state index is -2.62. The van der Waals surface area contributed by atoms with Crippen LogP contribution >= 0.6 is 0 Å². The molecule has 6 heteroatoms. The highest BCUT2D eigenvalue weighted by Gasteiger charge is 2.19. The first kappa shape index (κ1) is 14.2. The molecule has 3 rings (SSSR count). The van der Waals surface area contributed by atoms with Gasteiger partial charge in [-0.3, -0.25) is 4.98 Å². The number of hydrogen-bond acceptors (Lipinski definition) is 6. The van der Waals surface area contributed by atoms with Crippen molar-refractivity contribution in [2.45, 2.75) is 6.10 Å².